The van der Waals surface area contributed by atoms with Crippen molar-refractivity contribution < 1.29 is 9.47 Å². The molecule has 1 aliphatic rings. The monoisotopic (exact) mass is 200 g/mol. The number of hydrogen-bond acceptors (Lipinski definition) is 2. The molecular weight excluding hydrogens is 176 g/mol. The van der Waals surface area contributed by atoms with Crippen molar-refractivity contribution in [1.29, 1.82) is 0 Å². The molecule has 1 fully saturated rings. The summed E-state index contributed by atoms with van der Waals surface area (Å²) < 4.78 is 11.5. The van der Waals surface area contributed by atoms with Gasteiger partial charge < -0.3 is 9.47 Å². The molecule has 0 aromatic carbocycles. The summed E-state index contributed by atoms with van der Waals surface area (Å²) >= 11 is 0. The molecule has 0 unspecified atom stereocenters. The first kappa shape index (κ1) is 12.0. The molecule has 0 radical (unpaired) electrons. The molecule has 0 aromatic heterocycles. The van der Waals surface area contributed by atoms with Crippen LogP contribution in [0.15, 0.2) is 0 Å². The van der Waals surface area contributed by atoms with Crippen LogP contribution in [0, 0.1) is 17.3 Å². The van der Waals surface area contributed by atoms with Gasteiger partial charge in [0.15, 0.2) is 6.29 Å². The lowest BCUT2D eigenvalue weighted by Crippen LogP contribution is -2.40. The van der Waals surface area contributed by atoms with Crippen LogP contribution in [-0.2, 0) is 9.47 Å². The predicted molar refractivity (Wildman–Crippen MR) is 58.1 cm³/mol. The maximum atomic E-state index is 5.73. The summed E-state index contributed by atoms with van der Waals surface area (Å²) in [6.45, 7) is 12.7. The van der Waals surface area contributed by atoms with Gasteiger partial charge in [-0.25, -0.2) is 0 Å². The Hall–Kier alpha value is -0.0800. The summed E-state index contributed by atoms with van der Waals surface area (Å²) in [4.78, 5) is 0. The molecule has 1 aliphatic heterocycles. The molecule has 84 valence electrons. The molecule has 1 rings (SSSR count). The predicted octanol–water partition coefficient (Wildman–Crippen LogP) is 3.07. The second-order valence-corrected chi connectivity index (χ2v) is 5.86. The van der Waals surface area contributed by atoms with Crippen LogP contribution in [0.3, 0.4) is 0 Å². The summed E-state index contributed by atoms with van der Waals surface area (Å²) in [6, 6.07) is 0. The first-order valence-corrected chi connectivity index (χ1v) is 5.63. The van der Waals surface area contributed by atoms with E-state index in [0.717, 1.165) is 19.1 Å². The molecule has 14 heavy (non-hydrogen) atoms. The van der Waals surface area contributed by atoms with E-state index in [-0.39, 0.29) is 11.7 Å². The molecule has 2 heteroatoms. The first-order valence-electron chi connectivity index (χ1n) is 5.63. The smallest absolute Gasteiger partial charge is 0.162 e. The molecule has 1 heterocycles. The highest BCUT2D eigenvalue weighted by molar-refractivity contribution is 4.72. The van der Waals surface area contributed by atoms with E-state index in [1.165, 1.54) is 6.42 Å². The van der Waals surface area contributed by atoms with Crippen LogP contribution in [0.2, 0.25) is 0 Å². The van der Waals surface area contributed by atoms with Crippen molar-refractivity contribution in [2.45, 2.75) is 47.3 Å². The van der Waals surface area contributed by atoms with Crippen molar-refractivity contribution in [3.05, 3.63) is 0 Å². The van der Waals surface area contributed by atoms with Crippen LogP contribution in [0.25, 0.3) is 0 Å². The molecule has 0 saturated carbocycles. The van der Waals surface area contributed by atoms with Gasteiger partial charge in [-0.05, 0) is 12.3 Å². The molecule has 2 nitrogen and oxygen atoms in total. The Morgan fingerprint density at radius 1 is 1.14 bits per heavy atom. The molecule has 0 aromatic rings. The van der Waals surface area contributed by atoms with Crippen molar-refractivity contribution in [2.75, 3.05) is 13.2 Å². The van der Waals surface area contributed by atoms with Crippen molar-refractivity contribution in [3.63, 3.8) is 0 Å². The minimum Gasteiger partial charge on any atom is -0.352 e. The summed E-state index contributed by atoms with van der Waals surface area (Å²) in [5.74, 6) is 1.33. The Labute approximate surface area is 88.0 Å². The van der Waals surface area contributed by atoms with Crippen LogP contribution in [0.1, 0.15) is 41.0 Å². The van der Waals surface area contributed by atoms with Gasteiger partial charge in [0.1, 0.15) is 0 Å². The highest BCUT2D eigenvalue weighted by Crippen LogP contribution is 2.28. The van der Waals surface area contributed by atoms with Gasteiger partial charge in [-0.15, -0.1) is 0 Å². The fourth-order valence-electron chi connectivity index (χ4n) is 1.85. The van der Waals surface area contributed by atoms with Crippen molar-refractivity contribution in [2.24, 2.45) is 17.3 Å². The maximum absolute atomic E-state index is 5.73. The summed E-state index contributed by atoms with van der Waals surface area (Å²) in [5, 5.41) is 0. The van der Waals surface area contributed by atoms with Gasteiger partial charge in [-0.2, -0.15) is 0 Å². The summed E-state index contributed by atoms with van der Waals surface area (Å²) in [7, 11) is 0. The fourth-order valence-corrected chi connectivity index (χ4v) is 1.85. The van der Waals surface area contributed by atoms with E-state index in [1.807, 2.05) is 0 Å². The Bertz CT molecular complexity index is 162. The van der Waals surface area contributed by atoms with E-state index < -0.39 is 0 Å². The first-order chi connectivity index (χ1) is 6.39. The van der Waals surface area contributed by atoms with Gasteiger partial charge in [-0.3, -0.25) is 0 Å². The van der Waals surface area contributed by atoms with E-state index in [9.17, 15) is 0 Å². The van der Waals surface area contributed by atoms with E-state index in [2.05, 4.69) is 34.6 Å². The lowest BCUT2D eigenvalue weighted by molar-refractivity contribution is -0.243. The third kappa shape index (κ3) is 3.58. The van der Waals surface area contributed by atoms with E-state index in [4.69, 9.17) is 9.47 Å². The third-order valence-corrected chi connectivity index (χ3v) is 2.48. The van der Waals surface area contributed by atoms with Gasteiger partial charge in [0.25, 0.3) is 0 Å². The lowest BCUT2D eigenvalue weighted by atomic mass is 9.93. The van der Waals surface area contributed by atoms with Gasteiger partial charge >= 0.3 is 0 Å². The molecule has 0 bridgehead atoms. The molecular formula is C12H24O2. The third-order valence-electron chi connectivity index (χ3n) is 2.48. The van der Waals surface area contributed by atoms with Crippen molar-refractivity contribution in [1.82, 2.24) is 0 Å². The number of hydrogen-bond donors (Lipinski definition) is 0. The fraction of sp³-hybridized carbons (Fsp3) is 1.00. The molecule has 0 N–H and O–H groups in total. The molecule has 0 atom stereocenters. The second kappa shape index (κ2) is 4.63. The largest absolute Gasteiger partial charge is 0.352 e. The molecule has 0 aliphatic carbocycles. The Kier molecular flexibility index (Phi) is 3.96. The van der Waals surface area contributed by atoms with Crippen molar-refractivity contribution >= 4 is 0 Å². The van der Waals surface area contributed by atoms with Gasteiger partial charge in [0.2, 0.25) is 0 Å². The zero-order chi connectivity index (χ0) is 10.8. The summed E-state index contributed by atoms with van der Waals surface area (Å²) in [5.41, 5.74) is 0.100. The number of rotatable bonds is 2. The average Bonchev–Trinajstić information content (AvgIpc) is 2.02. The molecule has 0 spiro atoms. The Balaban J connectivity index is 2.31. The van der Waals surface area contributed by atoms with Gasteiger partial charge in [0.05, 0.1) is 13.2 Å². The van der Waals surface area contributed by atoms with Gasteiger partial charge in [0, 0.05) is 11.3 Å². The SMILES string of the molecule is CC(C)CC1COC(C(C)(C)C)OC1. The Morgan fingerprint density at radius 2 is 1.64 bits per heavy atom. The zero-order valence-corrected chi connectivity index (χ0v) is 10.2. The minimum absolute atomic E-state index is 0.0223. The normalized spacial score (nSPS) is 29.6. The quantitative estimate of drug-likeness (QED) is 0.682. The van der Waals surface area contributed by atoms with E-state index >= 15 is 0 Å². The summed E-state index contributed by atoms with van der Waals surface area (Å²) in [6.07, 6.45) is 1.18. The molecule has 0 amide bonds. The topological polar surface area (TPSA) is 18.5 Å². The lowest BCUT2D eigenvalue weighted by Gasteiger charge is -2.37. The van der Waals surface area contributed by atoms with E-state index in [0.29, 0.717) is 5.92 Å². The van der Waals surface area contributed by atoms with Crippen LogP contribution in [0.4, 0.5) is 0 Å². The number of ether oxygens (including phenoxy) is 2. The van der Waals surface area contributed by atoms with Gasteiger partial charge in [-0.1, -0.05) is 34.6 Å². The highest BCUT2D eigenvalue weighted by atomic mass is 16.7. The molecule has 1 saturated heterocycles. The standard InChI is InChI=1S/C12H24O2/c1-9(2)6-10-7-13-11(14-8-10)12(3,4)5/h9-11H,6-8H2,1-5H3. The van der Waals surface area contributed by atoms with Crippen LogP contribution in [-0.4, -0.2) is 19.5 Å². The van der Waals surface area contributed by atoms with Crippen LogP contribution in [0.5, 0.6) is 0 Å². The zero-order valence-electron chi connectivity index (χ0n) is 10.2. The maximum Gasteiger partial charge on any atom is 0.162 e. The van der Waals surface area contributed by atoms with E-state index in [1.54, 1.807) is 0 Å². The van der Waals surface area contributed by atoms with Crippen LogP contribution >= 0.6 is 0 Å². The minimum atomic E-state index is -0.0223. The van der Waals surface area contributed by atoms with Crippen LogP contribution < -0.4 is 0 Å². The second-order valence-electron chi connectivity index (χ2n) is 5.86. The van der Waals surface area contributed by atoms with Crippen molar-refractivity contribution in [3.8, 4) is 0 Å². The highest BCUT2D eigenvalue weighted by Gasteiger charge is 2.31. The average molecular weight is 200 g/mol. The Morgan fingerprint density at radius 3 is 2.00 bits per heavy atom.